The molecule has 0 aliphatic rings. The molecule has 0 bridgehead atoms. The predicted octanol–water partition coefficient (Wildman–Crippen LogP) is 2.86. The van der Waals surface area contributed by atoms with Crippen molar-refractivity contribution >= 4 is 22.5 Å². The van der Waals surface area contributed by atoms with Crippen molar-refractivity contribution in [2.45, 2.75) is 6.42 Å². The van der Waals surface area contributed by atoms with Gasteiger partial charge in [-0.25, -0.2) is 0 Å². The Morgan fingerprint density at radius 2 is 2.29 bits per heavy atom. The van der Waals surface area contributed by atoms with Crippen LogP contribution in [-0.4, -0.2) is 10.1 Å². The van der Waals surface area contributed by atoms with Gasteiger partial charge in [0.05, 0.1) is 23.1 Å². The van der Waals surface area contributed by atoms with Crippen LogP contribution in [0.4, 0.5) is 0 Å². The fraction of sp³-hybridized carbons (Fsp3) is 0.0769. The molecule has 1 heterocycles. The number of nitriles is 1. The van der Waals surface area contributed by atoms with Crippen molar-refractivity contribution in [1.82, 2.24) is 4.98 Å². The maximum Gasteiger partial charge on any atom is 0.157 e. The number of nitrogens with zero attached hydrogens (tertiary/aromatic N) is 2. The monoisotopic (exact) mass is 242 g/mol. The Labute approximate surface area is 103 Å². The summed E-state index contributed by atoms with van der Waals surface area (Å²) in [6.45, 7) is 0. The highest BCUT2D eigenvalue weighted by molar-refractivity contribution is 6.35. The Bertz CT molecular complexity index is 677. The zero-order valence-electron chi connectivity index (χ0n) is 8.74. The summed E-state index contributed by atoms with van der Waals surface area (Å²) in [6.07, 6.45) is 1.68. The Morgan fingerprint density at radius 1 is 1.47 bits per heavy atom. The molecular formula is C13H7ClN2O. The van der Waals surface area contributed by atoms with Gasteiger partial charge in [0.15, 0.2) is 5.75 Å². The van der Waals surface area contributed by atoms with Gasteiger partial charge < -0.3 is 5.11 Å². The van der Waals surface area contributed by atoms with Crippen molar-refractivity contribution in [1.29, 1.82) is 5.26 Å². The van der Waals surface area contributed by atoms with Crippen LogP contribution < -0.4 is 0 Å². The second kappa shape index (κ2) is 4.74. The summed E-state index contributed by atoms with van der Waals surface area (Å²) < 4.78 is 0. The van der Waals surface area contributed by atoms with Crippen LogP contribution in [0.3, 0.4) is 0 Å². The van der Waals surface area contributed by atoms with Gasteiger partial charge in [-0.1, -0.05) is 23.4 Å². The number of phenolic OH excluding ortho intramolecular Hbond substituents is 1. The van der Waals surface area contributed by atoms with Crippen LogP contribution in [0, 0.1) is 23.2 Å². The lowest BCUT2D eigenvalue weighted by Gasteiger charge is -2.04. The minimum Gasteiger partial charge on any atom is -0.504 e. The molecule has 0 saturated heterocycles. The first kappa shape index (κ1) is 11.3. The molecule has 0 amide bonds. The number of phenols is 1. The van der Waals surface area contributed by atoms with Crippen LogP contribution >= 0.6 is 11.6 Å². The van der Waals surface area contributed by atoms with Crippen LogP contribution in [0.5, 0.6) is 5.75 Å². The summed E-state index contributed by atoms with van der Waals surface area (Å²) >= 11 is 6.06. The van der Waals surface area contributed by atoms with Gasteiger partial charge in [-0.2, -0.15) is 5.26 Å². The van der Waals surface area contributed by atoms with E-state index in [1.165, 1.54) is 0 Å². The summed E-state index contributed by atoms with van der Waals surface area (Å²) in [5.74, 6) is 5.32. The first-order valence-corrected chi connectivity index (χ1v) is 5.24. The lowest BCUT2D eigenvalue weighted by atomic mass is 10.1. The van der Waals surface area contributed by atoms with Crippen molar-refractivity contribution in [3.8, 4) is 23.7 Å². The van der Waals surface area contributed by atoms with E-state index >= 15 is 0 Å². The Kier molecular flexibility index (Phi) is 3.14. The zero-order valence-corrected chi connectivity index (χ0v) is 9.49. The van der Waals surface area contributed by atoms with E-state index in [1.54, 1.807) is 24.4 Å². The van der Waals surface area contributed by atoms with E-state index < -0.39 is 0 Å². The van der Waals surface area contributed by atoms with Gasteiger partial charge in [0.1, 0.15) is 5.52 Å². The number of hydrogen-bond donors (Lipinski definition) is 1. The number of aromatic nitrogens is 1. The predicted molar refractivity (Wildman–Crippen MR) is 65.5 cm³/mol. The molecule has 1 N–H and O–H groups in total. The molecule has 2 aromatic rings. The minimum atomic E-state index is -0.00422. The molecule has 82 valence electrons. The summed E-state index contributed by atoms with van der Waals surface area (Å²) in [4.78, 5) is 4.06. The van der Waals surface area contributed by atoms with Gasteiger partial charge in [-0.3, -0.25) is 4.98 Å². The molecule has 0 fully saturated rings. The fourth-order valence-corrected chi connectivity index (χ4v) is 1.72. The molecule has 17 heavy (non-hydrogen) atoms. The molecule has 3 nitrogen and oxygen atoms in total. The van der Waals surface area contributed by atoms with Crippen LogP contribution in [0.2, 0.25) is 5.02 Å². The average Bonchev–Trinajstić information content (AvgIpc) is 2.36. The minimum absolute atomic E-state index is 0.00422. The Hall–Kier alpha value is -2.23. The molecule has 1 aromatic heterocycles. The van der Waals surface area contributed by atoms with Crippen LogP contribution in [0.25, 0.3) is 10.9 Å². The van der Waals surface area contributed by atoms with Gasteiger partial charge in [0, 0.05) is 11.6 Å². The highest BCUT2D eigenvalue weighted by Gasteiger charge is 2.09. The lowest BCUT2D eigenvalue weighted by Crippen LogP contribution is -1.85. The molecular weight excluding hydrogens is 236 g/mol. The molecule has 0 radical (unpaired) electrons. The van der Waals surface area contributed by atoms with E-state index in [0.717, 1.165) is 0 Å². The van der Waals surface area contributed by atoms with Crippen molar-refractivity contribution in [2.75, 3.05) is 0 Å². The van der Waals surface area contributed by atoms with Gasteiger partial charge in [-0.15, -0.1) is 0 Å². The standard InChI is InChI=1S/C13H7ClN2O/c14-11-8-9(4-1-2-6-15)13(17)12-10(11)5-3-7-16-12/h3,5,7-8,17H,2H2. The van der Waals surface area contributed by atoms with Crippen molar-refractivity contribution in [3.63, 3.8) is 0 Å². The average molecular weight is 243 g/mol. The number of fused-ring (bicyclic) bond motifs is 1. The molecule has 0 spiro atoms. The first-order chi connectivity index (χ1) is 8.24. The smallest absolute Gasteiger partial charge is 0.157 e. The topological polar surface area (TPSA) is 56.9 Å². The number of pyridine rings is 1. The van der Waals surface area contributed by atoms with Crippen molar-refractivity contribution < 1.29 is 5.11 Å². The van der Waals surface area contributed by atoms with E-state index in [-0.39, 0.29) is 12.2 Å². The number of hydrogen-bond acceptors (Lipinski definition) is 3. The third-order valence-electron chi connectivity index (χ3n) is 2.21. The summed E-state index contributed by atoms with van der Waals surface area (Å²) in [5, 5.41) is 19.5. The molecule has 2 rings (SSSR count). The quantitative estimate of drug-likeness (QED) is 0.723. The third kappa shape index (κ3) is 2.15. The van der Waals surface area contributed by atoms with E-state index in [4.69, 9.17) is 16.9 Å². The molecule has 0 atom stereocenters. The highest BCUT2D eigenvalue weighted by Crippen LogP contribution is 2.32. The SMILES string of the molecule is N#CCC#Cc1cc(Cl)c2cccnc2c1O. The van der Waals surface area contributed by atoms with Crippen LogP contribution in [0.15, 0.2) is 24.4 Å². The normalized spacial score (nSPS) is 9.41. The molecule has 1 aromatic carbocycles. The zero-order chi connectivity index (χ0) is 12.3. The number of rotatable bonds is 0. The van der Waals surface area contributed by atoms with Crippen LogP contribution in [-0.2, 0) is 0 Å². The maximum atomic E-state index is 9.97. The van der Waals surface area contributed by atoms with Crippen molar-refractivity contribution in [3.05, 3.63) is 35.0 Å². The molecule has 0 aliphatic heterocycles. The molecule has 4 heteroatoms. The Balaban J connectivity index is 2.65. The fourth-order valence-electron chi connectivity index (χ4n) is 1.46. The van der Waals surface area contributed by atoms with Crippen molar-refractivity contribution in [2.24, 2.45) is 0 Å². The lowest BCUT2D eigenvalue weighted by molar-refractivity contribution is 0.479. The van der Waals surface area contributed by atoms with E-state index in [9.17, 15) is 5.11 Å². The number of aromatic hydroxyl groups is 1. The van der Waals surface area contributed by atoms with Gasteiger partial charge >= 0.3 is 0 Å². The molecule has 0 unspecified atom stereocenters. The Morgan fingerprint density at radius 3 is 3.06 bits per heavy atom. The van der Waals surface area contributed by atoms with Gasteiger partial charge in [0.25, 0.3) is 0 Å². The number of halogens is 1. The third-order valence-corrected chi connectivity index (χ3v) is 2.52. The largest absolute Gasteiger partial charge is 0.504 e. The maximum absolute atomic E-state index is 9.97. The van der Waals surface area contributed by atoms with E-state index in [0.29, 0.717) is 21.5 Å². The summed E-state index contributed by atoms with van der Waals surface area (Å²) in [6, 6.07) is 7.00. The molecule has 0 aliphatic carbocycles. The summed E-state index contributed by atoms with van der Waals surface area (Å²) in [7, 11) is 0. The second-order valence-corrected chi connectivity index (χ2v) is 3.70. The first-order valence-electron chi connectivity index (χ1n) is 4.86. The van der Waals surface area contributed by atoms with Gasteiger partial charge in [0.2, 0.25) is 0 Å². The highest BCUT2D eigenvalue weighted by atomic mass is 35.5. The van der Waals surface area contributed by atoms with E-state index in [2.05, 4.69) is 16.8 Å². The molecule has 0 saturated carbocycles. The number of benzene rings is 1. The van der Waals surface area contributed by atoms with Gasteiger partial charge in [-0.05, 0) is 18.2 Å². The summed E-state index contributed by atoms with van der Waals surface area (Å²) in [5.41, 5.74) is 0.803. The second-order valence-electron chi connectivity index (χ2n) is 3.29. The van der Waals surface area contributed by atoms with Crippen LogP contribution in [0.1, 0.15) is 12.0 Å². The van der Waals surface area contributed by atoms with E-state index in [1.807, 2.05) is 6.07 Å².